The molecule has 1 heterocycles. The van der Waals surface area contributed by atoms with Crippen LogP contribution in [-0.2, 0) is 11.3 Å². The van der Waals surface area contributed by atoms with Crippen LogP contribution < -0.4 is 11.3 Å². The van der Waals surface area contributed by atoms with Crippen molar-refractivity contribution in [3.05, 3.63) is 40.4 Å². The molecule has 6 nitrogen and oxygen atoms in total. The molecule has 0 bridgehead atoms. The summed E-state index contributed by atoms with van der Waals surface area (Å²) in [6.07, 6.45) is 1.78. The summed E-state index contributed by atoms with van der Waals surface area (Å²) in [6, 6.07) is 5.54. The highest BCUT2D eigenvalue weighted by Crippen LogP contribution is 2.15. The molecular formula is C18H27ClN4O2. The van der Waals surface area contributed by atoms with Crippen LogP contribution in [0.4, 0.5) is 0 Å². The first-order valence-corrected chi connectivity index (χ1v) is 8.14. The molecule has 0 atom stereocenters. The van der Waals surface area contributed by atoms with Gasteiger partial charge in [-0.2, -0.15) is 0 Å². The van der Waals surface area contributed by atoms with Gasteiger partial charge in [-0.25, -0.2) is 4.98 Å². The summed E-state index contributed by atoms with van der Waals surface area (Å²) < 4.78 is 1.50. The first kappa shape index (κ1) is 21.1. The number of carbonyl (C=O) groups excluding carboxylic acids is 1. The largest absolute Gasteiger partial charge is 0.345 e. The molecule has 0 saturated carbocycles. The monoisotopic (exact) mass is 366 g/mol. The zero-order valence-electron chi connectivity index (χ0n) is 15.3. The van der Waals surface area contributed by atoms with E-state index in [4.69, 9.17) is 5.73 Å². The molecule has 2 rings (SSSR count). The molecule has 0 aliphatic heterocycles. The standard InChI is InChI=1S/C18H26N4O2.ClH/c1-13-6-5-7-14-16(13)20-12-22(17(14)24)9-8-15(23)21(4)11-18(2,3)10-19;/h5-7,12H,8-11,19H2,1-4H3;1H. The van der Waals surface area contributed by atoms with Gasteiger partial charge in [-0.3, -0.25) is 14.2 Å². The molecule has 0 aliphatic carbocycles. The van der Waals surface area contributed by atoms with Gasteiger partial charge in [0.2, 0.25) is 5.91 Å². The van der Waals surface area contributed by atoms with E-state index in [-0.39, 0.29) is 35.7 Å². The summed E-state index contributed by atoms with van der Waals surface area (Å²) in [6.45, 7) is 7.40. The average molecular weight is 367 g/mol. The molecule has 0 spiro atoms. The molecule has 0 unspecified atom stereocenters. The first-order valence-electron chi connectivity index (χ1n) is 8.14. The van der Waals surface area contributed by atoms with Gasteiger partial charge in [0.05, 0.1) is 17.2 Å². The topological polar surface area (TPSA) is 81.2 Å². The van der Waals surface area contributed by atoms with Crippen molar-refractivity contribution in [3.63, 3.8) is 0 Å². The van der Waals surface area contributed by atoms with E-state index in [1.807, 2.05) is 32.9 Å². The number of carbonyl (C=O) groups is 1. The highest BCUT2D eigenvalue weighted by Gasteiger charge is 2.21. The number of rotatable bonds is 6. The van der Waals surface area contributed by atoms with E-state index in [0.717, 1.165) is 5.56 Å². The van der Waals surface area contributed by atoms with Crippen molar-refractivity contribution in [2.24, 2.45) is 11.1 Å². The number of hydrogen-bond donors (Lipinski definition) is 1. The Labute approximate surface area is 154 Å². The van der Waals surface area contributed by atoms with Crippen LogP contribution in [0.15, 0.2) is 29.3 Å². The van der Waals surface area contributed by atoms with Gasteiger partial charge in [-0.15, -0.1) is 12.4 Å². The van der Waals surface area contributed by atoms with Crippen LogP contribution in [0.1, 0.15) is 25.8 Å². The molecule has 1 aromatic carbocycles. The van der Waals surface area contributed by atoms with Crippen molar-refractivity contribution in [2.45, 2.75) is 33.7 Å². The van der Waals surface area contributed by atoms with Crippen LogP contribution in [0.25, 0.3) is 10.9 Å². The van der Waals surface area contributed by atoms with Crippen LogP contribution in [0, 0.1) is 12.3 Å². The Balaban J connectivity index is 0.00000312. The van der Waals surface area contributed by atoms with E-state index in [1.54, 1.807) is 18.0 Å². The predicted molar refractivity (Wildman–Crippen MR) is 103 cm³/mol. The number of nitrogens with two attached hydrogens (primary N) is 1. The molecule has 0 radical (unpaired) electrons. The van der Waals surface area contributed by atoms with Crippen LogP contribution >= 0.6 is 12.4 Å². The van der Waals surface area contributed by atoms with Gasteiger partial charge in [0.15, 0.2) is 0 Å². The summed E-state index contributed by atoms with van der Waals surface area (Å²) in [5.41, 5.74) is 7.17. The Bertz CT molecular complexity index is 801. The van der Waals surface area contributed by atoms with E-state index in [0.29, 0.717) is 30.5 Å². The van der Waals surface area contributed by atoms with Crippen LogP contribution in [0.5, 0.6) is 0 Å². The van der Waals surface area contributed by atoms with E-state index >= 15 is 0 Å². The molecule has 1 amide bonds. The quantitative estimate of drug-likeness (QED) is 0.847. The summed E-state index contributed by atoms with van der Waals surface area (Å²) in [7, 11) is 1.77. The highest BCUT2D eigenvalue weighted by molar-refractivity contribution is 5.85. The molecule has 2 aromatic rings. The van der Waals surface area contributed by atoms with E-state index in [9.17, 15) is 9.59 Å². The third-order valence-electron chi connectivity index (χ3n) is 4.27. The number of aromatic nitrogens is 2. The second-order valence-corrected chi connectivity index (χ2v) is 7.08. The Kier molecular flexibility index (Phi) is 7.14. The fourth-order valence-electron chi connectivity index (χ4n) is 2.70. The van der Waals surface area contributed by atoms with E-state index in [1.165, 1.54) is 10.9 Å². The van der Waals surface area contributed by atoms with Crippen molar-refractivity contribution >= 4 is 29.2 Å². The van der Waals surface area contributed by atoms with Crippen molar-refractivity contribution in [1.29, 1.82) is 0 Å². The summed E-state index contributed by atoms with van der Waals surface area (Å²) in [5.74, 6) is -0.00670. The number of para-hydroxylation sites is 1. The smallest absolute Gasteiger partial charge is 0.261 e. The molecule has 0 saturated heterocycles. The number of hydrogen-bond acceptors (Lipinski definition) is 4. The summed E-state index contributed by atoms with van der Waals surface area (Å²) in [5, 5.41) is 0.586. The minimum atomic E-state index is -0.122. The molecular weight excluding hydrogens is 340 g/mol. The summed E-state index contributed by atoms with van der Waals surface area (Å²) >= 11 is 0. The second kappa shape index (κ2) is 8.45. The molecule has 0 aliphatic rings. The van der Waals surface area contributed by atoms with E-state index in [2.05, 4.69) is 4.98 Å². The van der Waals surface area contributed by atoms with Crippen LogP contribution in [-0.4, -0.2) is 40.5 Å². The minimum absolute atomic E-state index is 0. The maximum absolute atomic E-state index is 12.5. The maximum atomic E-state index is 12.5. The molecule has 2 N–H and O–H groups in total. The van der Waals surface area contributed by atoms with Crippen molar-refractivity contribution < 1.29 is 4.79 Å². The molecule has 138 valence electrons. The van der Waals surface area contributed by atoms with Gasteiger partial charge in [0.1, 0.15) is 0 Å². The third-order valence-corrected chi connectivity index (χ3v) is 4.27. The normalized spacial score (nSPS) is 11.2. The Hall–Kier alpha value is -1.92. The van der Waals surface area contributed by atoms with Gasteiger partial charge in [-0.05, 0) is 30.5 Å². The van der Waals surface area contributed by atoms with Gasteiger partial charge >= 0.3 is 0 Å². The van der Waals surface area contributed by atoms with Crippen molar-refractivity contribution in [1.82, 2.24) is 14.5 Å². The number of amides is 1. The summed E-state index contributed by atoms with van der Waals surface area (Å²) in [4.78, 5) is 30.8. The molecule has 25 heavy (non-hydrogen) atoms. The number of halogens is 1. The van der Waals surface area contributed by atoms with Gasteiger partial charge in [-0.1, -0.05) is 26.0 Å². The lowest BCUT2D eigenvalue weighted by atomic mass is 9.93. The zero-order chi connectivity index (χ0) is 17.9. The van der Waals surface area contributed by atoms with Crippen LogP contribution in [0.2, 0.25) is 0 Å². The molecule has 1 aromatic heterocycles. The first-order chi connectivity index (χ1) is 11.2. The number of fused-ring (bicyclic) bond motifs is 1. The van der Waals surface area contributed by atoms with Gasteiger partial charge < -0.3 is 10.6 Å². The predicted octanol–water partition coefficient (Wildman–Crippen LogP) is 1.96. The third kappa shape index (κ3) is 5.03. The number of benzene rings is 1. The lowest BCUT2D eigenvalue weighted by molar-refractivity contribution is -0.131. The lowest BCUT2D eigenvalue weighted by Crippen LogP contribution is -2.40. The number of nitrogens with zero attached hydrogens (tertiary/aromatic N) is 3. The average Bonchev–Trinajstić information content (AvgIpc) is 2.54. The fourth-order valence-corrected chi connectivity index (χ4v) is 2.70. The van der Waals surface area contributed by atoms with Gasteiger partial charge in [0.25, 0.3) is 5.56 Å². The Morgan fingerprint density at radius 2 is 2.04 bits per heavy atom. The SMILES string of the molecule is Cc1cccc2c(=O)n(CCC(=O)N(C)CC(C)(C)CN)cnc12.Cl. The van der Waals surface area contributed by atoms with E-state index < -0.39 is 0 Å². The van der Waals surface area contributed by atoms with Crippen LogP contribution in [0.3, 0.4) is 0 Å². The lowest BCUT2D eigenvalue weighted by Gasteiger charge is -2.29. The maximum Gasteiger partial charge on any atom is 0.261 e. The van der Waals surface area contributed by atoms with Gasteiger partial charge in [0, 0.05) is 26.6 Å². The number of aryl methyl sites for hydroxylation is 2. The highest BCUT2D eigenvalue weighted by atomic mass is 35.5. The molecule has 7 heteroatoms. The fraction of sp³-hybridized carbons (Fsp3) is 0.500. The van der Waals surface area contributed by atoms with Crippen molar-refractivity contribution in [3.8, 4) is 0 Å². The molecule has 0 fully saturated rings. The zero-order valence-corrected chi connectivity index (χ0v) is 16.1. The van der Waals surface area contributed by atoms with Crippen molar-refractivity contribution in [2.75, 3.05) is 20.1 Å². The minimum Gasteiger partial charge on any atom is -0.345 e. The Morgan fingerprint density at radius 1 is 1.36 bits per heavy atom. The Morgan fingerprint density at radius 3 is 2.68 bits per heavy atom. The second-order valence-electron chi connectivity index (χ2n) is 7.08.